The average molecular weight is 348 g/mol. The molecule has 1 rings (SSSR count). The van der Waals surface area contributed by atoms with Gasteiger partial charge in [-0.3, -0.25) is 9.79 Å². The molecular weight excluding hydrogens is 316 g/mol. The molecule has 2 N–H and O–H groups in total. The normalized spacial score (nSPS) is 12.4. The van der Waals surface area contributed by atoms with Crippen LogP contribution in [0.2, 0.25) is 0 Å². The van der Waals surface area contributed by atoms with E-state index in [0.29, 0.717) is 26.1 Å². The Hall–Kier alpha value is -2.24. The number of nitrogens with one attached hydrogen (secondary N) is 2. The first kappa shape index (κ1) is 20.8. The maximum absolute atomic E-state index is 11.8. The van der Waals surface area contributed by atoms with Crippen LogP contribution in [0.4, 0.5) is 0 Å². The number of rotatable bonds is 10. The van der Waals surface area contributed by atoms with Crippen LogP contribution >= 0.6 is 0 Å². The maximum Gasteiger partial charge on any atom is 0.222 e. The van der Waals surface area contributed by atoms with Gasteiger partial charge < -0.3 is 20.3 Å². The lowest BCUT2D eigenvalue weighted by Gasteiger charge is -2.22. The SMILES string of the molecule is CCNC(=NCCC(=O)NC(C)CC)N(C)CCOc1ccccc1. The Morgan fingerprint density at radius 3 is 2.64 bits per heavy atom. The number of para-hydroxylation sites is 1. The summed E-state index contributed by atoms with van der Waals surface area (Å²) < 4.78 is 5.72. The molecule has 25 heavy (non-hydrogen) atoms. The van der Waals surface area contributed by atoms with Gasteiger partial charge >= 0.3 is 0 Å². The summed E-state index contributed by atoms with van der Waals surface area (Å²) in [4.78, 5) is 18.4. The van der Waals surface area contributed by atoms with Crippen LogP contribution < -0.4 is 15.4 Å². The third-order valence-electron chi connectivity index (χ3n) is 3.76. The summed E-state index contributed by atoms with van der Waals surface area (Å²) in [6.07, 6.45) is 1.33. The van der Waals surface area contributed by atoms with Crippen molar-refractivity contribution in [1.29, 1.82) is 0 Å². The zero-order valence-electron chi connectivity index (χ0n) is 15.9. The monoisotopic (exact) mass is 348 g/mol. The number of carbonyl (C=O) groups excluding carboxylic acids is 1. The van der Waals surface area contributed by atoms with Crippen molar-refractivity contribution in [2.45, 2.75) is 39.7 Å². The Balaban J connectivity index is 2.40. The molecule has 0 saturated heterocycles. The number of hydrogen-bond acceptors (Lipinski definition) is 3. The molecule has 6 heteroatoms. The van der Waals surface area contributed by atoms with E-state index in [1.165, 1.54) is 0 Å². The molecule has 0 spiro atoms. The largest absolute Gasteiger partial charge is 0.492 e. The number of hydrogen-bond donors (Lipinski definition) is 2. The molecule has 1 aromatic rings. The summed E-state index contributed by atoms with van der Waals surface area (Å²) in [6, 6.07) is 9.96. The Labute approximate surface area is 151 Å². The van der Waals surface area contributed by atoms with Crippen molar-refractivity contribution in [3.8, 4) is 5.75 Å². The van der Waals surface area contributed by atoms with Gasteiger partial charge in [0.2, 0.25) is 5.91 Å². The van der Waals surface area contributed by atoms with E-state index in [0.717, 1.165) is 24.7 Å². The van der Waals surface area contributed by atoms with E-state index in [2.05, 4.69) is 22.5 Å². The van der Waals surface area contributed by atoms with Crippen LogP contribution in [-0.4, -0.2) is 56.1 Å². The second-order valence-corrected chi connectivity index (χ2v) is 5.95. The first-order valence-electron chi connectivity index (χ1n) is 9.03. The van der Waals surface area contributed by atoms with E-state index in [1.54, 1.807) is 0 Å². The van der Waals surface area contributed by atoms with E-state index in [9.17, 15) is 4.79 Å². The van der Waals surface area contributed by atoms with Crippen LogP contribution in [0.5, 0.6) is 5.75 Å². The van der Waals surface area contributed by atoms with Gasteiger partial charge in [0.1, 0.15) is 12.4 Å². The van der Waals surface area contributed by atoms with E-state index in [1.807, 2.05) is 56.1 Å². The van der Waals surface area contributed by atoms with E-state index < -0.39 is 0 Å². The van der Waals surface area contributed by atoms with Gasteiger partial charge in [-0.1, -0.05) is 25.1 Å². The zero-order valence-corrected chi connectivity index (χ0v) is 15.9. The number of likely N-dealkylation sites (N-methyl/N-ethyl adjacent to an activating group) is 1. The fraction of sp³-hybridized carbons (Fsp3) is 0.579. The molecule has 0 aromatic heterocycles. The first-order chi connectivity index (χ1) is 12.1. The predicted molar refractivity (Wildman–Crippen MR) is 103 cm³/mol. The number of guanidine groups is 1. The number of ether oxygens (including phenoxy) is 1. The second kappa shape index (κ2) is 12.2. The lowest BCUT2D eigenvalue weighted by atomic mass is 10.2. The lowest BCUT2D eigenvalue weighted by Crippen LogP contribution is -2.41. The van der Waals surface area contributed by atoms with Crippen molar-refractivity contribution >= 4 is 11.9 Å². The number of nitrogens with zero attached hydrogens (tertiary/aromatic N) is 2. The van der Waals surface area contributed by atoms with Gasteiger partial charge in [0.25, 0.3) is 0 Å². The Bertz CT molecular complexity index is 519. The summed E-state index contributed by atoms with van der Waals surface area (Å²) >= 11 is 0. The minimum absolute atomic E-state index is 0.0454. The van der Waals surface area contributed by atoms with E-state index in [4.69, 9.17) is 4.74 Å². The molecule has 0 radical (unpaired) electrons. The topological polar surface area (TPSA) is 66.0 Å². The van der Waals surface area contributed by atoms with Crippen molar-refractivity contribution in [2.75, 3.05) is 33.3 Å². The second-order valence-electron chi connectivity index (χ2n) is 5.95. The molecule has 1 aromatic carbocycles. The zero-order chi connectivity index (χ0) is 18.5. The molecule has 1 amide bonds. The minimum atomic E-state index is 0.0454. The molecule has 1 atom stereocenters. The average Bonchev–Trinajstić information content (AvgIpc) is 2.61. The van der Waals surface area contributed by atoms with Crippen molar-refractivity contribution < 1.29 is 9.53 Å². The molecule has 0 aliphatic heterocycles. The van der Waals surface area contributed by atoms with Crippen LogP contribution in [0.15, 0.2) is 35.3 Å². The number of aliphatic imine (C=N–C) groups is 1. The number of carbonyl (C=O) groups is 1. The first-order valence-corrected chi connectivity index (χ1v) is 9.03. The fourth-order valence-electron chi connectivity index (χ4n) is 2.11. The quantitative estimate of drug-likeness (QED) is 0.503. The van der Waals surface area contributed by atoms with Gasteiger partial charge in [0.15, 0.2) is 5.96 Å². The third kappa shape index (κ3) is 8.98. The summed E-state index contributed by atoms with van der Waals surface area (Å²) in [5.41, 5.74) is 0. The number of amides is 1. The summed E-state index contributed by atoms with van der Waals surface area (Å²) in [5, 5.41) is 6.20. The fourth-order valence-corrected chi connectivity index (χ4v) is 2.11. The van der Waals surface area contributed by atoms with Gasteiger partial charge in [-0.25, -0.2) is 0 Å². The van der Waals surface area contributed by atoms with Gasteiger partial charge in [-0.05, 0) is 32.4 Å². The third-order valence-corrected chi connectivity index (χ3v) is 3.76. The van der Waals surface area contributed by atoms with Crippen LogP contribution in [0, 0.1) is 0 Å². The summed E-state index contributed by atoms with van der Waals surface area (Å²) in [6.45, 7) is 8.61. The van der Waals surface area contributed by atoms with Crippen LogP contribution in [0.25, 0.3) is 0 Å². The van der Waals surface area contributed by atoms with Crippen molar-refractivity contribution in [3.63, 3.8) is 0 Å². The molecule has 140 valence electrons. The molecule has 0 aliphatic rings. The molecule has 0 heterocycles. The molecule has 0 fully saturated rings. The maximum atomic E-state index is 11.8. The predicted octanol–water partition coefficient (Wildman–Crippen LogP) is 2.27. The van der Waals surface area contributed by atoms with Crippen LogP contribution in [0.1, 0.15) is 33.6 Å². The molecule has 0 aliphatic carbocycles. The molecular formula is C19H32N4O2. The van der Waals surface area contributed by atoms with Crippen molar-refractivity contribution in [3.05, 3.63) is 30.3 Å². The smallest absolute Gasteiger partial charge is 0.222 e. The van der Waals surface area contributed by atoms with E-state index >= 15 is 0 Å². The number of benzene rings is 1. The Morgan fingerprint density at radius 1 is 1.28 bits per heavy atom. The molecule has 0 bridgehead atoms. The summed E-state index contributed by atoms with van der Waals surface area (Å²) in [7, 11) is 1.97. The minimum Gasteiger partial charge on any atom is -0.492 e. The highest BCUT2D eigenvalue weighted by molar-refractivity contribution is 5.80. The lowest BCUT2D eigenvalue weighted by molar-refractivity contribution is -0.121. The van der Waals surface area contributed by atoms with Crippen LogP contribution in [-0.2, 0) is 4.79 Å². The van der Waals surface area contributed by atoms with Crippen molar-refractivity contribution in [1.82, 2.24) is 15.5 Å². The molecule has 0 saturated carbocycles. The Kier molecular flexibility index (Phi) is 10.1. The highest BCUT2D eigenvalue weighted by atomic mass is 16.5. The molecule has 6 nitrogen and oxygen atoms in total. The van der Waals surface area contributed by atoms with Gasteiger partial charge in [0.05, 0.1) is 13.1 Å². The van der Waals surface area contributed by atoms with Gasteiger partial charge in [-0.15, -0.1) is 0 Å². The van der Waals surface area contributed by atoms with Gasteiger partial charge in [0, 0.05) is 26.1 Å². The Morgan fingerprint density at radius 2 is 2.00 bits per heavy atom. The molecule has 1 unspecified atom stereocenters. The van der Waals surface area contributed by atoms with E-state index in [-0.39, 0.29) is 11.9 Å². The van der Waals surface area contributed by atoms with Gasteiger partial charge in [-0.2, -0.15) is 0 Å². The summed E-state index contributed by atoms with van der Waals surface area (Å²) in [5.74, 6) is 1.69. The van der Waals surface area contributed by atoms with Crippen molar-refractivity contribution in [2.24, 2.45) is 4.99 Å². The highest BCUT2D eigenvalue weighted by Crippen LogP contribution is 2.07. The van der Waals surface area contributed by atoms with Crippen LogP contribution in [0.3, 0.4) is 0 Å². The standard InChI is InChI=1S/C19H32N4O2/c1-5-16(3)22-18(24)12-13-21-19(20-6-2)23(4)14-15-25-17-10-8-7-9-11-17/h7-11,16H,5-6,12-15H2,1-4H3,(H,20,21)(H,22,24). The highest BCUT2D eigenvalue weighted by Gasteiger charge is 2.08.